The average Bonchev–Trinajstić information content (AvgIpc) is 3.32. The van der Waals surface area contributed by atoms with Crippen molar-refractivity contribution < 1.29 is 18.7 Å². The Morgan fingerprint density at radius 3 is 2.46 bits per heavy atom. The number of carbonyl (C=O) groups excluding carboxylic acids is 1. The van der Waals surface area contributed by atoms with E-state index in [1.807, 2.05) is 42.5 Å². The van der Waals surface area contributed by atoms with Gasteiger partial charge in [-0.1, -0.05) is 30.3 Å². The van der Waals surface area contributed by atoms with Crippen molar-refractivity contribution in [1.29, 1.82) is 0 Å². The summed E-state index contributed by atoms with van der Waals surface area (Å²) in [5.41, 5.74) is 2.03. The number of furan rings is 1. The molecule has 0 unspecified atom stereocenters. The van der Waals surface area contributed by atoms with Gasteiger partial charge in [0.2, 0.25) is 0 Å². The minimum atomic E-state index is -0.525. The van der Waals surface area contributed by atoms with Crippen LogP contribution < -0.4 is 4.74 Å². The molecule has 1 aliphatic rings. The molecule has 0 spiro atoms. The zero-order valence-corrected chi connectivity index (χ0v) is 17.6. The van der Waals surface area contributed by atoms with Gasteiger partial charge < -0.3 is 13.9 Å². The Balaban J connectivity index is 1.56. The van der Waals surface area contributed by atoms with E-state index in [0.717, 1.165) is 20.1 Å². The number of nitrogens with zero attached hydrogens (tertiary/aromatic N) is 1. The van der Waals surface area contributed by atoms with Gasteiger partial charge in [0.25, 0.3) is 5.90 Å². The van der Waals surface area contributed by atoms with Crippen molar-refractivity contribution in [1.82, 2.24) is 0 Å². The molecule has 5 nitrogen and oxygen atoms in total. The van der Waals surface area contributed by atoms with E-state index in [4.69, 9.17) is 13.9 Å². The number of carbonyl (C=O) groups is 1. The van der Waals surface area contributed by atoms with E-state index < -0.39 is 5.97 Å². The highest BCUT2D eigenvalue weighted by Gasteiger charge is 2.26. The van der Waals surface area contributed by atoms with Gasteiger partial charge in [-0.3, -0.25) is 0 Å². The van der Waals surface area contributed by atoms with Crippen LogP contribution in [0.5, 0.6) is 5.75 Å². The van der Waals surface area contributed by atoms with Gasteiger partial charge in [0.1, 0.15) is 12.4 Å². The molecular formula is C21H13Br2NO4. The molecule has 2 aromatic carbocycles. The van der Waals surface area contributed by atoms with Crippen LogP contribution in [0, 0.1) is 0 Å². The first-order valence-corrected chi connectivity index (χ1v) is 9.91. The van der Waals surface area contributed by atoms with Crippen molar-refractivity contribution >= 4 is 49.8 Å². The van der Waals surface area contributed by atoms with Crippen molar-refractivity contribution in [2.24, 2.45) is 4.99 Å². The highest BCUT2D eigenvalue weighted by Crippen LogP contribution is 2.36. The third-order valence-corrected chi connectivity index (χ3v) is 5.08. The second-order valence-electron chi connectivity index (χ2n) is 5.90. The third kappa shape index (κ3) is 4.10. The van der Waals surface area contributed by atoms with E-state index in [-0.39, 0.29) is 11.6 Å². The number of rotatable bonds is 5. The maximum Gasteiger partial charge on any atom is 0.363 e. The molecule has 0 amide bonds. The number of cyclic esters (lactones) is 1. The van der Waals surface area contributed by atoms with Crippen LogP contribution in [0.25, 0.3) is 6.08 Å². The average molecular weight is 503 g/mol. The molecule has 4 rings (SSSR count). The fourth-order valence-electron chi connectivity index (χ4n) is 2.60. The first-order valence-electron chi connectivity index (χ1n) is 8.32. The zero-order valence-electron chi connectivity index (χ0n) is 14.4. The Labute approximate surface area is 177 Å². The Morgan fingerprint density at radius 2 is 1.79 bits per heavy atom. The standard InChI is InChI=1S/C21H13Br2NO4/c22-15-9-14(10-16(23)19(15)27-12-13-5-2-1-3-6-13)11-17-21(25)28-20(24-17)18-7-4-8-26-18/h1-11H,12H2/b17-11-. The summed E-state index contributed by atoms with van der Waals surface area (Å²) in [5, 5.41) is 0. The quantitative estimate of drug-likeness (QED) is 0.330. The van der Waals surface area contributed by atoms with Gasteiger partial charge in [0, 0.05) is 0 Å². The predicted octanol–water partition coefficient (Wildman–Crippen LogP) is 5.73. The number of hydrogen-bond acceptors (Lipinski definition) is 5. The van der Waals surface area contributed by atoms with Crippen molar-refractivity contribution in [3.8, 4) is 5.75 Å². The smallest absolute Gasteiger partial charge is 0.363 e. The summed E-state index contributed by atoms with van der Waals surface area (Å²) in [6, 6.07) is 17.0. The molecule has 2 heterocycles. The second-order valence-corrected chi connectivity index (χ2v) is 7.61. The van der Waals surface area contributed by atoms with E-state index in [1.165, 1.54) is 6.26 Å². The Hall–Kier alpha value is -2.64. The van der Waals surface area contributed by atoms with Crippen molar-refractivity contribution in [2.75, 3.05) is 0 Å². The topological polar surface area (TPSA) is 61.0 Å². The summed E-state index contributed by atoms with van der Waals surface area (Å²) in [7, 11) is 0. The lowest BCUT2D eigenvalue weighted by atomic mass is 10.2. The van der Waals surface area contributed by atoms with Crippen LogP contribution in [0.1, 0.15) is 16.9 Å². The summed E-state index contributed by atoms with van der Waals surface area (Å²) in [6.07, 6.45) is 3.14. The SMILES string of the molecule is O=C1OC(c2ccco2)=N/C1=C\c1cc(Br)c(OCc2ccccc2)c(Br)c1. The van der Waals surface area contributed by atoms with Gasteiger partial charge >= 0.3 is 5.97 Å². The molecule has 3 aromatic rings. The van der Waals surface area contributed by atoms with Crippen LogP contribution in [0.2, 0.25) is 0 Å². The van der Waals surface area contributed by atoms with Gasteiger partial charge in [-0.15, -0.1) is 0 Å². The molecule has 0 aliphatic carbocycles. The fourth-order valence-corrected chi connectivity index (χ4v) is 4.05. The maximum atomic E-state index is 12.1. The van der Waals surface area contributed by atoms with E-state index in [0.29, 0.717) is 18.1 Å². The number of aliphatic imine (C=N–C) groups is 1. The molecule has 7 heteroatoms. The van der Waals surface area contributed by atoms with Crippen LogP contribution in [-0.4, -0.2) is 11.9 Å². The van der Waals surface area contributed by atoms with Gasteiger partial charge in [-0.05, 0) is 73.3 Å². The van der Waals surface area contributed by atoms with Crippen LogP contribution in [0.15, 0.2) is 84.9 Å². The molecule has 1 aromatic heterocycles. The summed E-state index contributed by atoms with van der Waals surface area (Å²) in [5.74, 6) is 0.716. The Kier molecular flexibility index (Phi) is 5.45. The van der Waals surface area contributed by atoms with E-state index in [9.17, 15) is 4.79 Å². The van der Waals surface area contributed by atoms with Crippen molar-refractivity contribution in [3.63, 3.8) is 0 Å². The van der Waals surface area contributed by atoms with Gasteiger partial charge in [0.15, 0.2) is 11.5 Å². The molecule has 0 saturated heterocycles. The number of halogens is 2. The van der Waals surface area contributed by atoms with Crippen LogP contribution in [-0.2, 0) is 16.1 Å². The molecule has 0 radical (unpaired) electrons. The number of esters is 1. The number of ether oxygens (including phenoxy) is 2. The molecule has 0 N–H and O–H groups in total. The van der Waals surface area contributed by atoms with Gasteiger partial charge in [-0.25, -0.2) is 9.79 Å². The summed E-state index contributed by atoms with van der Waals surface area (Å²) < 4.78 is 17.8. The minimum absolute atomic E-state index is 0.155. The van der Waals surface area contributed by atoms with Crippen LogP contribution in [0.3, 0.4) is 0 Å². The highest BCUT2D eigenvalue weighted by atomic mass is 79.9. The van der Waals surface area contributed by atoms with E-state index in [1.54, 1.807) is 18.2 Å². The van der Waals surface area contributed by atoms with Crippen molar-refractivity contribution in [3.05, 3.63) is 92.4 Å². The Morgan fingerprint density at radius 1 is 1.04 bits per heavy atom. The van der Waals surface area contributed by atoms with Crippen LogP contribution >= 0.6 is 31.9 Å². The molecule has 0 atom stereocenters. The lowest BCUT2D eigenvalue weighted by molar-refractivity contribution is -0.130. The molecule has 0 fully saturated rings. The second kappa shape index (κ2) is 8.16. The summed E-state index contributed by atoms with van der Waals surface area (Å²) >= 11 is 7.06. The fraction of sp³-hybridized carbons (Fsp3) is 0.0476. The van der Waals surface area contributed by atoms with E-state index in [2.05, 4.69) is 36.9 Å². The zero-order chi connectivity index (χ0) is 19.5. The molecule has 140 valence electrons. The molecule has 1 aliphatic heterocycles. The lowest BCUT2D eigenvalue weighted by Gasteiger charge is -2.11. The third-order valence-electron chi connectivity index (χ3n) is 3.90. The van der Waals surface area contributed by atoms with Crippen LogP contribution in [0.4, 0.5) is 0 Å². The predicted molar refractivity (Wildman–Crippen MR) is 112 cm³/mol. The normalized spacial score (nSPS) is 14.9. The van der Waals surface area contributed by atoms with Gasteiger partial charge in [0.05, 0.1) is 15.2 Å². The largest absolute Gasteiger partial charge is 0.487 e. The number of hydrogen-bond donors (Lipinski definition) is 0. The van der Waals surface area contributed by atoms with Gasteiger partial charge in [-0.2, -0.15) is 0 Å². The van der Waals surface area contributed by atoms with E-state index >= 15 is 0 Å². The number of benzene rings is 2. The summed E-state index contributed by atoms with van der Waals surface area (Å²) in [6.45, 7) is 0.446. The monoisotopic (exact) mass is 501 g/mol. The maximum absolute atomic E-state index is 12.1. The molecule has 0 saturated carbocycles. The molecule has 28 heavy (non-hydrogen) atoms. The summed E-state index contributed by atoms with van der Waals surface area (Å²) in [4.78, 5) is 16.3. The Bertz CT molecular complexity index is 1050. The lowest BCUT2D eigenvalue weighted by Crippen LogP contribution is -2.04. The highest BCUT2D eigenvalue weighted by molar-refractivity contribution is 9.11. The molecular weight excluding hydrogens is 490 g/mol. The first kappa shape index (κ1) is 18.7. The first-order chi connectivity index (χ1) is 13.6. The van der Waals surface area contributed by atoms with Crippen molar-refractivity contribution in [2.45, 2.75) is 6.61 Å². The molecule has 0 bridgehead atoms. The minimum Gasteiger partial charge on any atom is -0.487 e.